The Kier molecular flexibility index (Phi) is 4.57. The Bertz CT molecular complexity index is 943. The largest absolute Gasteiger partial charge is 0.364 e. The summed E-state index contributed by atoms with van der Waals surface area (Å²) in [5, 5.41) is 7.36. The summed E-state index contributed by atoms with van der Waals surface area (Å²) in [4.78, 5) is 18.2. The predicted molar refractivity (Wildman–Crippen MR) is 101 cm³/mol. The van der Waals surface area contributed by atoms with Gasteiger partial charge in [0.1, 0.15) is 12.0 Å². The molecule has 0 fully saturated rings. The summed E-state index contributed by atoms with van der Waals surface area (Å²) in [5.74, 6) is -0.528. The van der Waals surface area contributed by atoms with E-state index in [4.69, 9.17) is 4.52 Å². The lowest BCUT2D eigenvalue weighted by Gasteiger charge is -2.16. The number of anilines is 1. The lowest BCUT2D eigenvalue weighted by Crippen LogP contribution is -2.22. The molecule has 4 rings (SSSR count). The van der Waals surface area contributed by atoms with E-state index in [2.05, 4.69) is 15.5 Å². The zero-order chi connectivity index (χ0) is 17.8. The molecular formula is C20H15N3O2S. The van der Waals surface area contributed by atoms with Crippen LogP contribution in [-0.4, -0.2) is 16.0 Å². The van der Waals surface area contributed by atoms with E-state index >= 15 is 0 Å². The molecule has 0 aliphatic carbocycles. The molecular weight excluding hydrogens is 346 g/mol. The van der Waals surface area contributed by atoms with Gasteiger partial charge in [-0.15, -0.1) is 0 Å². The molecule has 0 spiro atoms. The van der Waals surface area contributed by atoms with Gasteiger partial charge < -0.3 is 9.84 Å². The molecule has 4 aromatic rings. The van der Waals surface area contributed by atoms with Crippen molar-refractivity contribution in [1.82, 2.24) is 10.1 Å². The molecule has 2 heterocycles. The Balaban J connectivity index is 1.61. The van der Waals surface area contributed by atoms with Crippen molar-refractivity contribution >= 4 is 22.4 Å². The molecule has 0 radical (unpaired) electrons. The molecule has 0 aliphatic rings. The van der Waals surface area contributed by atoms with Crippen molar-refractivity contribution in [3.05, 3.63) is 90.3 Å². The van der Waals surface area contributed by atoms with E-state index in [1.807, 2.05) is 60.7 Å². The van der Waals surface area contributed by atoms with Crippen molar-refractivity contribution in [3.8, 4) is 10.6 Å². The third-order valence-corrected chi connectivity index (χ3v) is 4.89. The fraction of sp³-hybridized carbons (Fsp3) is 0.0500. The maximum absolute atomic E-state index is 13.0. The van der Waals surface area contributed by atoms with Crippen LogP contribution in [0.25, 0.3) is 10.6 Å². The molecule has 5 nitrogen and oxygen atoms in total. The van der Waals surface area contributed by atoms with Gasteiger partial charge in [0.15, 0.2) is 5.13 Å². The van der Waals surface area contributed by atoms with Gasteiger partial charge in [-0.05, 0) is 11.1 Å². The predicted octanol–water partition coefficient (Wildman–Crippen LogP) is 4.57. The van der Waals surface area contributed by atoms with Crippen LogP contribution in [0.3, 0.4) is 0 Å². The molecule has 1 amide bonds. The van der Waals surface area contributed by atoms with Gasteiger partial charge >= 0.3 is 0 Å². The summed E-state index contributed by atoms with van der Waals surface area (Å²) in [7, 11) is 0. The lowest BCUT2D eigenvalue weighted by molar-refractivity contribution is -0.116. The van der Waals surface area contributed by atoms with Crippen LogP contribution in [0.5, 0.6) is 0 Å². The van der Waals surface area contributed by atoms with E-state index in [1.54, 1.807) is 12.3 Å². The first kappa shape index (κ1) is 16.2. The number of rotatable bonds is 5. The van der Waals surface area contributed by atoms with Crippen LogP contribution >= 0.6 is 11.3 Å². The van der Waals surface area contributed by atoms with Crippen molar-refractivity contribution in [2.75, 3.05) is 5.32 Å². The Morgan fingerprint density at radius 1 is 0.962 bits per heavy atom. The summed E-state index contributed by atoms with van der Waals surface area (Å²) in [5.41, 5.74) is 2.57. The first-order chi connectivity index (χ1) is 12.8. The third kappa shape index (κ3) is 3.41. The number of benzene rings is 2. The van der Waals surface area contributed by atoms with E-state index in [0.717, 1.165) is 16.0 Å². The number of hydrogen-bond donors (Lipinski definition) is 1. The fourth-order valence-electron chi connectivity index (χ4n) is 2.75. The smallest absolute Gasteiger partial charge is 0.238 e. The Hall–Kier alpha value is -3.25. The number of aromatic nitrogens is 2. The van der Waals surface area contributed by atoms with Crippen LogP contribution in [0.2, 0.25) is 0 Å². The number of hydrogen-bond acceptors (Lipinski definition) is 5. The normalized spacial score (nSPS) is 10.8. The first-order valence-corrected chi connectivity index (χ1v) is 8.90. The maximum atomic E-state index is 13.0. The minimum Gasteiger partial charge on any atom is -0.364 e. The topological polar surface area (TPSA) is 68.0 Å². The molecule has 0 saturated heterocycles. The average molecular weight is 361 g/mol. The summed E-state index contributed by atoms with van der Waals surface area (Å²) < 4.78 is 4.85. The standard InChI is InChI=1S/C20H15N3O2S/c24-19(22-20-21-13-17(26-20)16-11-12-25-23-16)18(14-7-3-1-4-8-14)15-9-5-2-6-10-15/h1-13,18H,(H,21,22,24). The number of thiazole rings is 1. The van der Waals surface area contributed by atoms with Gasteiger partial charge in [0.2, 0.25) is 5.91 Å². The minimum absolute atomic E-state index is 0.122. The van der Waals surface area contributed by atoms with E-state index in [0.29, 0.717) is 10.8 Å². The second-order valence-electron chi connectivity index (χ2n) is 5.66. The molecule has 0 bridgehead atoms. The molecule has 0 saturated carbocycles. The average Bonchev–Trinajstić information content (AvgIpc) is 3.35. The van der Waals surface area contributed by atoms with Crippen molar-refractivity contribution in [3.63, 3.8) is 0 Å². The zero-order valence-corrected chi connectivity index (χ0v) is 14.5. The van der Waals surface area contributed by atoms with Crippen LogP contribution in [0.1, 0.15) is 17.0 Å². The SMILES string of the molecule is O=C(Nc1ncc(-c2ccon2)s1)C(c1ccccc1)c1ccccc1. The Morgan fingerprint density at radius 3 is 2.19 bits per heavy atom. The summed E-state index contributed by atoms with van der Waals surface area (Å²) in [6.07, 6.45) is 3.19. The van der Waals surface area contributed by atoms with Crippen molar-refractivity contribution in [1.29, 1.82) is 0 Å². The van der Waals surface area contributed by atoms with Crippen LogP contribution in [0, 0.1) is 0 Å². The van der Waals surface area contributed by atoms with Crippen LogP contribution in [-0.2, 0) is 4.79 Å². The maximum Gasteiger partial charge on any atom is 0.238 e. The van der Waals surface area contributed by atoms with E-state index in [9.17, 15) is 4.79 Å². The minimum atomic E-state index is -0.406. The molecule has 0 unspecified atom stereocenters. The highest BCUT2D eigenvalue weighted by Crippen LogP contribution is 2.30. The van der Waals surface area contributed by atoms with Gasteiger partial charge in [0.05, 0.1) is 10.8 Å². The Labute approximate surface area is 154 Å². The molecule has 6 heteroatoms. The van der Waals surface area contributed by atoms with Crippen LogP contribution < -0.4 is 5.32 Å². The van der Waals surface area contributed by atoms with Gasteiger partial charge in [-0.3, -0.25) is 4.79 Å². The number of amides is 1. The quantitative estimate of drug-likeness (QED) is 0.565. The number of nitrogens with zero attached hydrogens (tertiary/aromatic N) is 2. The second kappa shape index (κ2) is 7.33. The third-order valence-electron chi connectivity index (χ3n) is 3.95. The van der Waals surface area contributed by atoms with Gasteiger partial charge in [0, 0.05) is 12.3 Å². The molecule has 0 atom stereocenters. The highest BCUT2D eigenvalue weighted by atomic mass is 32.1. The Morgan fingerprint density at radius 2 is 1.62 bits per heavy atom. The second-order valence-corrected chi connectivity index (χ2v) is 6.69. The summed E-state index contributed by atoms with van der Waals surface area (Å²) in [6.45, 7) is 0. The highest BCUT2D eigenvalue weighted by Gasteiger charge is 2.23. The summed E-state index contributed by atoms with van der Waals surface area (Å²) in [6, 6.07) is 21.2. The molecule has 1 N–H and O–H groups in total. The fourth-order valence-corrected chi connectivity index (χ4v) is 3.53. The van der Waals surface area contributed by atoms with Gasteiger partial charge in [-0.25, -0.2) is 4.98 Å². The first-order valence-electron chi connectivity index (χ1n) is 8.08. The monoisotopic (exact) mass is 361 g/mol. The summed E-state index contributed by atoms with van der Waals surface area (Å²) >= 11 is 1.36. The van der Waals surface area contributed by atoms with Crippen LogP contribution in [0.4, 0.5) is 5.13 Å². The van der Waals surface area contributed by atoms with E-state index in [1.165, 1.54) is 17.6 Å². The zero-order valence-electron chi connectivity index (χ0n) is 13.7. The van der Waals surface area contributed by atoms with E-state index in [-0.39, 0.29) is 5.91 Å². The number of carbonyl (C=O) groups excluding carboxylic acids is 1. The molecule has 2 aromatic heterocycles. The molecule has 0 aliphatic heterocycles. The molecule has 2 aromatic carbocycles. The number of carbonyl (C=O) groups is 1. The van der Waals surface area contributed by atoms with Crippen molar-refractivity contribution < 1.29 is 9.32 Å². The van der Waals surface area contributed by atoms with Gasteiger partial charge in [-0.2, -0.15) is 0 Å². The van der Waals surface area contributed by atoms with Crippen molar-refractivity contribution in [2.45, 2.75) is 5.92 Å². The highest BCUT2D eigenvalue weighted by molar-refractivity contribution is 7.19. The molecule has 26 heavy (non-hydrogen) atoms. The van der Waals surface area contributed by atoms with Gasteiger partial charge in [-0.1, -0.05) is 77.2 Å². The van der Waals surface area contributed by atoms with E-state index < -0.39 is 5.92 Å². The lowest BCUT2D eigenvalue weighted by atomic mass is 9.90. The molecule has 128 valence electrons. The van der Waals surface area contributed by atoms with Crippen molar-refractivity contribution in [2.24, 2.45) is 0 Å². The number of nitrogens with one attached hydrogen (secondary N) is 1. The van der Waals surface area contributed by atoms with Crippen LogP contribution in [0.15, 0.2) is 83.7 Å². The van der Waals surface area contributed by atoms with Gasteiger partial charge in [0.25, 0.3) is 0 Å².